The SMILES string of the molecule is O=C(O)CSCC(=O)c1cccs1. The van der Waals surface area contributed by atoms with Gasteiger partial charge in [-0.25, -0.2) is 0 Å². The Labute approximate surface area is 83.8 Å². The van der Waals surface area contributed by atoms with Crippen LogP contribution in [0.5, 0.6) is 0 Å². The van der Waals surface area contributed by atoms with Crippen LogP contribution in [-0.4, -0.2) is 28.4 Å². The molecule has 13 heavy (non-hydrogen) atoms. The second-order valence-electron chi connectivity index (χ2n) is 2.29. The molecule has 1 aromatic heterocycles. The molecule has 70 valence electrons. The Balaban J connectivity index is 2.31. The van der Waals surface area contributed by atoms with E-state index in [0.717, 1.165) is 11.8 Å². The van der Waals surface area contributed by atoms with Crippen LogP contribution in [0.15, 0.2) is 17.5 Å². The van der Waals surface area contributed by atoms with Gasteiger partial charge >= 0.3 is 5.97 Å². The molecule has 0 aliphatic rings. The van der Waals surface area contributed by atoms with E-state index in [1.54, 1.807) is 12.1 Å². The number of carboxylic acids is 1. The Morgan fingerprint density at radius 1 is 1.46 bits per heavy atom. The van der Waals surface area contributed by atoms with Gasteiger partial charge in [-0.1, -0.05) is 6.07 Å². The van der Waals surface area contributed by atoms with Gasteiger partial charge in [0.05, 0.1) is 16.4 Å². The molecule has 3 nitrogen and oxygen atoms in total. The summed E-state index contributed by atoms with van der Waals surface area (Å²) in [5.74, 6) is -0.658. The fraction of sp³-hybridized carbons (Fsp3) is 0.250. The fourth-order valence-corrected chi connectivity index (χ4v) is 2.11. The zero-order valence-electron chi connectivity index (χ0n) is 6.73. The summed E-state index contributed by atoms with van der Waals surface area (Å²) in [5.41, 5.74) is 0. The normalized spacial score (nSPS) is 9.85. The first-order valence-corrected chi connectivity index (χ1v) is 5.60. The van der Waals surface area contributed by atoms with Gasteiger partial charge in [-0.05, 0) is 11.4 Å². The van der Waals surface area contributed by atoms with Crippen molar-refractivity contribution in [2.75, 3.05) is 11.5 Å². The number of Topliss-reactive ketones (excluding diaryl/α,β-unsaturated/α-hetero) is 1. The van der Waals surface area contributed by atoms with Crippen LogP contribution in [0.25, 0.3) is 0 Å². The highest BCUT2D eigenvalue weighted by molar-refractivity contribution is 8.00. The Kier molecular flexibility index (Phi) is 3.98. The lowest BCUT2D eigenvalue weighted by molar-refractivity contribution is -0.133. The van der Waals surface area contributed by atoms with Crippen LogP contribution >= 0.6 is 23.1 Å². The Hall–Kier alpha value is -0.810. The molecular weight excluding hydrogens is 208 g/mol. The Bertz CT molecular complexity index is 292. The van der Waals surface area contributed by atoms with E-state index in [1.165, 1.54) is 11.3 Å². The summed E-state index contributed by atoms with van der Waals surface area (Å²) in [4.78, 5) is 22.1. The second-order valence-corrected chi connectivity index (χ2v) is 4.22. The molecule has 0 aliphatic carbocycles. The van der Waals surface area contributed by atoms with Gasteiger partial charge in [0.15, 0.2) is 5.78 Å². The van der Waals surface area contributed by atoms with E-state index >= 15 is 0 Å². The van der Waals surface area contributed by atoms with E-state index in [1.807, 2.05) is 5.38 Å². The van der Waals surface area contributed by atoms with Crippen molar-refractivity contribution in [3.63, 3.8) is 0 Å². The molecule has 0 aromatic carbocycles. The van der Waals surface area contributed by atoms with Crippen LogP contribution in [0.1, 0.15) is 9.67 Å². The molecule has 0 aliphatic heterocycles. The molecule has 0 saturated heterocycles. The van der Waals surface area contributed by atoms with Crippen LogP contribution < -0.4 is 0 Å². The summed E-state index contributed by atoms with van der Waals surface area (Å²) in [7, 11) is 0. The quantitative estimate of drug-likeness (QED) is 0.762. The van der Waals surface area contributed by atoms with Crippen molar-refractivity contribution in [3.05, 3.63) is 22.4 Å². The van der Waals surface area contributed by atoms with Gasteiger partial charge in [0, 0.05) is 0 Å². The van der Waals surface area contributed by atoms with Crippen molar-refractivity contribution in [1.82, 2.24) is 0 Å². The zero-order valence-corrected chi connectivity index (χ0v) is 8.36. The molecule has 0 spiro atoms. The molecule has 0 saturated carbocycles. The fourth-order valence-electron chi connectivity index (χ4n) is 0.739. The molecule has 1 heterocycles. The average Bonchev–Trinajstić information content (AvgIpc) is 2.55. The van der Waals surface area contributed by atoms with Crippen molar-refractivity contribution in [3.8, 4) is 0 Å². The smallest absolute Gasteiger partial charge is 0.313 e. The molecule has 0 bridgehead atoms. The van der Waals surface area contributed by atoms with E-state index in [9.17, 15) is 9.59 Å². The summed E-state index contributed by atoms with van der Waals surface area (Å²) in [6.45, 7) is 0. The van der Waals surface area contributed by atoms with Crippen molar-refractivity contribution in [2.24, 2.45) is 0 Å². The topological polar surface area (TPSA) is 54.4 Å². The number of rotatable bonds is 5. The lowest BCUT2D eigenvalue weighted by atomic mass is 10.4. The first-order valence-electron chi connectivity index (χ1n) is 3.56. The first kappa shape index (κ1) is 10.3. The van der Waals surface area contributed by atoms with E-state index in [0.29, 0.717) is 4.88 Å². The van der Waals surface area contributed by atoms with E-state index in [2.05, 4.69) is 0 Å². The molecule has 0 amide bonds. The van der Waals surface area contributed by atoms with Gasteiger partial charge in [0.25, 0.3) is 0 Å². The standard InChI is InChI=1S/C8H8O3S2/c9-6(4-12-5-8(10)11)7-2-1-3-13-7/h1-3H,4-5H2,(H,10,11). The summed E-state index contributed by atoms with van der Waals surface area (Å²) in [5, 5.41) is 10.2. The third kappa shape index (κ3) is 3.61. The molecule has 0 unspecified atom stereocenters. The highest BCUT2D eigenvalue weighted by atomic mass is 32.2. The number of hydrogen-bond acceptors (Lipinski definition) is 4. The number of carbonyl (C=O) groups excluding carboxylic acids is 1. The van der Waals surface area contributed by atoms with Crippen molar-refractivity contribution in [2.45, 2.75) is 0 Å². The minimum atomic E-state index is -0.885. The minimum Gasteiger partial charge on any atom is -0.481 e. The average molecular weight is 216 g/mol. The molecular formula is C8H8O3S2. The lowest BCUT2D eigenvalue weighted by Crippen LogP contribution is -2.04. The maximum absolute atomic E-state index is 11.3. The Morgan fingerprint density at radius 2 is 2.23 bits per heavy atom. The van der Waals surface area contributed by atoms with E-state index in [4.69, 9.17) is 5.11 Å². The number of carbonyl (C=O) groups is 2. The third-order valence-corrected chi connectivity index (χ3v) is 3.08. The molecule has 0 fully saturated rings. The van der Waals surface area contributed by atoms with Gasteiger partial charge in [-0.2, -0.15) is 0 Å². The Morgan fingerprint density at radius 3 is 2.77 bits per heavy atom. The minimum absolute atomic E-state index is 0.00116. The third-order valence-electron chi connectivity index (χ3n) is 1.25. The van der Waals surface area contributed by atoms with Crippen molar-refractivity contribution < 1.29 is 14.7 Å². The van der Waals surface area contributed by atoms with Crippen LogP contribution in [0, 0.1) is 0 Å². The molecule has 1 rings (SSSR count). The number of carboxylic acid groups (broad SMARTS) is 1. The summed E-state index contributed by atoms with van der Waals surface area (Å²) in [6.07, 6.45) is 0. The van der Waals surface area contributed by atoms with Gasteiger partial charge in [0.2, 0.25) is 0 Å². The first-order chi connectivity index (χ1) is 6.20. The largest absolute Gasteiger partial charge is 0.481 e. The van der Waals surface area contributed by atoms with Gasteiger partial charge in [-0.15, -0.1) is 23.1 Å². The maximum Gasteiger partial charge on any atom is 0.313 e. The number of aliphatic carboxylic acids is 1. The number of ketones is 1. The summed E-state index contributed by atoms with van der Waals surface area (Å²) in [6, 6.07) is 3.55. The zero-order chi connectivity index (χ0) is 9.68. The summed E-state index contributed by atoms with van der Waals surface area (Å²) < 4.78 is 0. The predicted molar refractivity (Wildman–Crippen MR) is 53.6 cm³/mol. The highest BCUT2D eigenvalue weighted by Crippen LogP contribution is 2.12. The van der Waals surface area contributed by atoms with Crippen LogP contribution in [0.2, 0.25) is 0 Å². The molecule has 1 aromatic rings. The van der Waals surface area contributed by atoms with E-state index < -0.39 is 5.97 Å². The molecule has 5 heteroatoms. The maximum atomic E-state index is 11.3. The van der Waals surface area contributed by atoms with Crippen molar-refractivity contribution in [1.29, 1.82) is 0 Å². The van der Waals surface area contributed by atoms with Crippen LogP contribution in [0.3, 0.4) is 0 Å². The van der Waals surface area contributed by atoms with Gasteiger partial charge in [-0.3, -0.25) is 9.59 Å². The monoisotopic (exact) mass is 216 g/mol. The van der Waals surface area contributed by atoms with Crippen molar-refractivity contribution >= 4 is 34.9 Å². The molecule has 1 N–H and O–H groups in total. The highest BCUT2D eigenvalue weighted by Gasteiger charge is 2.07. The number of hydrogen-bond donors (Lipinski definition) is 1. The number of thiophene rings is 1. The second kappa shape index (κ2) is 5.04. The summed E-state index contributed by atoms with van der Waals surface area (Å²) >= 11 is 2.50. The van der Waals surface area contributed by atoms with Gasteiger partial charge in [0.1, 0.15) is 0 Å². The van der Waals surface area contributed by atoms with Gasteiger partial charge < -0.3 is 5.11 Å². The lowest BCUT2D eigenvalue weighted by Gasteiger charge is -1.95. The van der Waals surface area contributed by atoms with Crippen LogP contribution in [-0.2, 0) is 4.79 Å². The van der Waals surface area contributed by atoms with E-state index in [-0.39, 0.29) is 17.3 Å². The molecule has 0 atom stereocenters. The number of thioether (sulfide) groups is 1. The predicted octanol–water partition coefficient (Wildman–Crippen LogP) is 1.75. The molecule has 0 radical (unpaired) electrons. The van der Waals surface area contributed by atoms with Crippen LogP contribution in [0.4, 0.5) is 0 Å².